The van der Waals surface area contributed by atoms with Gasteiger partial charge in [-0.2, -0.15) is 0 Å². The first-order chi connectivity index (χ1) is 13.8. The topological polar surface area (TPSA) is 61.2 Å². The van der Waals surface area contributed by atoms with E-state index in [0.29, 0.717) is 12.1 Å². The zero-order chi connectivity index (χ0) is 20.8. The summed E-state index contributed by atoms with van der Waals surface area (Å²) in [6, 6.07) is 8.75. The third-order valence-electron chi connectivity index (χ3n) is 5.42. The molecule has 0 saturated carbocycles. The van der Waals surface area contributed by atoms with Crippen LogP contribution in [0.5, 0.6) is 0 Å². The van der Waals surface area contributed by atoms with Crippen LogP contribution in [0.3, 0.4) is 0 Å². The van der Waals surface area contributed by atoms with Gasteiger partial charge in [-0.05, 0) is 66.0 Å². The molecule has 1 aliphatic rings. The van der Waals surface area contributed by atoms with Gasteiger partial charge < -0.3 is 4.74 Å². The highest BCUT2D eigenvalue weighted by Gasteiger charge is 2.37. The number of halogens is 1. The third-order valence-corrected chi connectivity index (χ3v) is 7.52. The maximum absolute atomic E-state index is 13.4. The molecular weight excluding hydrogens is 452 g/mol. The number of hydrogen-bond acceptors (Lipinski definition) is 4. The first-order valence-electron chi connectivity index (χ1n) is 9.18. The molecule has 0 bridgehead atoms. The van der Waals surface area contributed by atoms with Crippen molar-refractivity contribution in [3.63, 3.8) is 0 Å². The van der Waals surface area contributed by atoms with Gasteiger partial charge in [0, 0.05) is 22.3 Å². The van der Waals surface area contributed by atoms with E-state index in [9.17, 15) is 8.42 Å². The normalized spacial score (nSPS) is 19.4. The smallest absolute Gasteiger partial charge is 0.269 e. The molecule has 0 fully saturated rings. The zero-order valence-corrected chi connectivity index (χ0v) is 18.8. The summed E-state index contributed by atoms with van der Waals surface area (Å²) in [5.41, 5.74) is 1.75. The summed E-state index contributed by atoms with van der Waals surface area (Å²) in [6.07, 6.45) is 9.94. The second-order valence-electron chi connectivity index (χ2n) is 7.38. The Bertz CT molecular complexity index is 1260. The van der Waals surface area contributed by atoms with E-state index in [2.05, 4.69) is 33.9 Å². The van der Waals surface area contributed by atoms with E-state index in [1.54, 1.807) is 43.8 Å². The van der Waals surface area contributed by atoms with Crippen LogP contribution in [0, 0.1) is 6.92 Å². The molecule has 0 spiro atoms. The Hall–Kier alpha value is -2.38. The van der Waals surface area contributed by atoms with Crippen LogP contribution in [-0.2, 0) is 20.2 Å². The molecular formula is C22H21BrN2O3S. The molecule has 29 heavy (non-hydrogen) atoms. The van der Waals surface area contributed by atoms with Crippen molar-refractivity contribution in [1.82, 2.24) is 8.96 Å². The van der Waals surface area contributed by atoms with Gasteiger partial charge in [-0.15, -0.1) is 0 Å². The fourth-order valence-electron chi connectivity index (χ4n) is 3.78. The molecule has 5 nitrogen and oxygen atoms in total. The summed E-state index contributed by atoms with van der Waals surface area (Å²) in [7, 11) is -2.16. The van der Waals surface area contributed by atoms with Gasteiger partial charge in [0.05, 0.1) is 17.4 Å². The van der Waals surface area contributed by atoms with Crippen LogP contribution in [0.25, 0.3) is 11.0 Å². The molecule has 0 amide bonds. The molecule has 1 aromatic carbocycles. The summed E-state index contributed by atoms with van der Waals surface area (Å²) in [6.45, 7) is 3.99. The van der Waals surface area contributed by atoms with Crippen molar-refractivity contribution in [2.24, 2.45) is 0 Å². The lowest BCUT2D eigenvalue weighted by atomic mass is 9.75. The van der Waals surface area contributed by atoms with E-state index < -0.39 is 15.4 Å². The lowest BCUT2D eigenvalue weighted by Crippen LogP contribution is -2.26. The predicted molar refractivity (Wildman–Crippen MR) is 117 cm³/mol. The Kier molecular flexibility index (Phi) is 4.91. The minimum absolute atomic E-state index is 0.229. The van der Waals surface area contributed by atoms with Crippen molar-refractivity contribution in [3.05, 3.63) is 82.3 Å². The van der Waals surface area contributed by atoms with Gasteiger partial charge in [-0.1, -0.05) is 29.8 Å². The fraction of sp³-hybridized carbons (Fsp3) is 0.227. The van der Waals surface area contributed by atoms with E-state index >= 15 is 0 Å². The van der Waals surface area contributed by atoms with Gasteiger partial charge in [0.15, 0.2) is 5.65 Å². The van der Waals surface area contributed by atoms with Gasteiger partial charge in [-0.3, -0.25) is 0 Å². The van der Waals surface area contributed by atoms with Crippen LogP contribution in [-0.4, -0.2) is 24.5 Å². The van der Waals surface area contributed by atoms with E-state index in [-0.39, 0.29) is 4.90 Å². The summed E-state index contributed by atoms with van der Waals surface area (Å²) < 4.78 is 34.6. The van der Waals surface area contributed by atoms with Crippen molar-refractivity contribution < 1.29 is 13.2 Å². The average molecular weight is 473 g/mol. The third kappa shape index (κ3) is 3.22. The summed E-state index contributed by atoms with van der Waals surface area (Å²) in [5, 5.41) is 0.774. The molecule has 0 saturated heterocycles. The molecule has 1 atom stereocenters. The standard InChI is InChI=1S/C22H21BrN2O3S/c1-15-7-9-17(10-8-15)29(26,27)25-14-19(18-12-16(23)13-24-21(18)25)22(2)11-5-4-6-20(22)28-3/h4-10,12-14H,11H2,1-3H3. The first kappa shape index (κ1) is 19.9. The minimum Gasteiger partial charge on any atom is -0.500 e. The Balaban J connectivity index is 2.00. The van der Waals surface area contributed by atoms with Gasteiger partial charge in [0.1, 0.15) is 5.76 Å². The number of fused-ring (bicyclic) bond motifs is 1. The van der Waals surface area contributed by atoms with E-state index in [4.69, 9.17) is 4.74 Å². The Labute approximate surface area is 178 Å². The molecule has 1 aliphatic carbocycles. The van der Waals surface area contributed by atoms with Gasteiger partial charge in [0.25, 0.3) is 10.0 Å². The molecule has 150 valence electrons. The van der Waals surface area contributed by atoms with Crippen molar-refractivity contribution in [2.45, 2.75) is 30.6 Å². The van der Waals surface area contributed by atoms with Crippen molar-refractivity contribution in [1.29, 1.82) is 0 Å². The number of methoxy groups -OCH3 is 1. The first-order valence-corrected chi connectivity index (χ1v) is 11.4. The van der Waals surface area contributed by atoms with Crippen LogP contribution < -0.4 is 0 Å². The molecule has 1 unspecified atom stereocenters. The minimum atomic E-state index is -3.80. The molecule has 2 heterocycles. The van der Waals surface area contributed by atoms with Crippen LogP contribution in [0.4, 0.5) is 0 Å². The highest BCUT2D eigenvalue weighted by Crippen LogP contribution is 2.43. The van der Waals surface area contributed by atoms with E-state index in [0.717, 1.165) is 26.7 Å². The molecule has 0 radical (unpaired) electrons. The van der Waals surface area contributed by atoms with Crippen molar-refractivity contribution in [2.75, 3.05) is 7.11 Å². The predicted octanol–water partition coefficient (Wildman–Crippen LogP) is 5.09. The molecule has 0 aliphatic heterocycles. The zero-order valence-electron chi connectivity index (χ0n) is 16.4. The van der Waals surface area contributed by atoms with Gasteiger partial charge in [-0.25, -0.2) is 17.4 Å². The molecule has 4 rings (SSSR count). The van der Waals surface area contributed by atoms with E-state index in [1.807, 2.05) is 25.1 Å². The summed E-state index contributed by atoms with van der Waals surface area (Å²) in [4.78, 5) is 4.68. The molecule has 7 heteroatoms. The number of benzene rings is 1. The summed E-state index contributed by atoms with van der Waals surface area (Å²) >= 11 is 3.47. The van der Waals surface area contributed by atoms with Crippen molar-refractivity contribution in [3.8, 4) is 0 Å². The maximum Gasteiger partial charge on any atom is 0.269 e. The highest BCUT2D eigenvalue weighted by molar-refractivity contribution is 9.10. The van der Waals surface area contributed by atoms with Crippen molar-refractivity contribution >= 4 is 37.0 Å². The largest absolute Gasteiger partial charge is 0.500 e. The molecule has 3 aromatic rings. The SMILES string of the molecule is COC1=CC=CCC1(C)c1cn(S(=O)(=O)c2ccc(C)cc2)c2ncc(Br)cc12. The average Bonchev–Trinajstić information content (AvgIpc) is 3.09. The van der Waals surface area contributed by atoms with Gasteiger partial charge in [0.2, 0.25) is 0 Å². The molecule has 2 aromatic heterocycles. The van der Waals surface area contributed by atoms with Crippen LogP contribution in [0.15, 0.2) is 76.1 Å². The monoisotopic (exact) mass is 472 g/mol. The lowest BCUT2D eigenvalue weighted by molar-refractivity contribution is 0.226. The highest BCUT2D eigenvalue weighted by atomic mass is 79.9. The number of aryl methyl sites for hydroxylation is 1. The maximum atomic E-state index is 13.4. The Morgan fingerprint density at radius 3 is 2.66 bits per heavy atom. The second kappa shape index (κ2) is 7.15. The number of pyridine rings is 1. The number of allylic oxidation sites excluding steroid dienone is 4. The van der Waals surface area contributed by atoms with Crippen LogP contribution in [0.2, 0.25) is 0 Å². The number of aromatic nitrogens is 2. The lowest BCUT2D eigenvalue weighted by Gasteiger charge is -2.32. The Morgan fingerprint density at radius 1 is 1.24 bits per heavy atom. The van der Waals surface area contributed by atoms with Crippen LogP contribution >= 0.6 is 15.9 Å². The summed E-state index contributed by atoms with van der Waals surface area (Å²) in [5.74, 6) is 0.784. The number of rotatable bonds is 4. The second-order valence-corrected chi connectivity index (χ2v) is 10.1. The molecule has 0 N–H and O–H groups in total. The van der Waals surface area contributed by atoms with E-state index in [1.165, 1.54) is 3.97 Å². The fourth-order valence-corrected chi connectivity index (χ4v) is 5.44. The number of ether oxygens (including phenoxy) is 1. The number of nitrogens with zero attached hydrogens (tertiary/aromatic N) is 2. The number of hydrogen-bond donors (Lipinski definition) is 0. The van der Waals surface area contributed by atoms with Crippen LogP contribution in [0.1, 0.15) is 24.5 Å². The Morgan fingerprint density at radius 2 is 1.97 bits per heavy atom. The van der Waals surface area contributed by atoms with Gasteiger partial charge >= 0.3 is 0 Å². The quantitative estimate of drug-likeness (QED) is 0.530.